The van der Waals surface area contributed by atoms with Crippen molar-refractivity contribution in [1.82, 2.24) is 10.6 Å². The number of benzene rings is 3. The Morgan fingerprint density at radius 2 is 1.75 bits per heavy atom. The van der Waals surface area contributed by atoms with E-state index < -0.39 is 18.3 Å². The summed E-state index contributed by atoms with van der Waals surface area (Å²) >= 11 is 6.35. The van der Waals surface area contributed by atoms with Gasteiger partial charge in [0.05, 0.1) is 12.3 Å². The van der Waals surface area contributed by atoms with Crippen LogP contribution in [0.1, 0.15) is 29.8 Å². The lowest BCUT2D eigenvalue weighted by Crippen LogP contribution is -2.47. The number of urea groups is 1. The summed E-state index contributed by atoms with van der Waals surface area (Å²) in [4.78, 5) is 27.2. The number of nitrogens with zero attached hydrogens (tertiary/aromatic N) is 1. The summed E-state index contributed by atoms with van der Waals surface area (Å²) in [5.41, 5.74) is 3.81. The van der Waals surface area contributed by atoms with E-state index in [1.54, 1.807) is 25.3 Å². The topological polar surface area (TPSA) is 70.7 Å². The first-order valence-electron chi connectivity index (χ1n) is 10.2. The van der Waals surface area contributed by atoms with Gasteiger partial charge in [-0.3, -0.25) is 10.2 Å². The molecule has 0 saturated heterocycles. The molecule has 3 aromatic rings. The molecule has 0 bridgehead atoms. The van der Waals surface area contributed by atoms with Crippen LogP contribution < -0.4 is 15.5 Å². The summed E-state index contributed by atoms with van der Waals surface area (Å²) in [7, 11) is 0. The van der Waals surface area contributed by atoms with Gasteiger partial charge in [-0.1, -0.05) is 72.3 Å². The van der Waals surface area contributed by atoms with Gasteiger partial charge in [0.2, 0.25) is 0 Å². The Hall–Kier alpha value is -3.77. The number of nitrogens with one attached hydrogen (secondary N) is 2. The van der Waals surface area contributed by atoms with Crippen molar-refractivity contribution in [2.75, 3.05) is 11.5 Å². The molecule has 6 nitrogen and oxygen atoms in total. The fourth-order valence-electron chi connectivity index (χ4n) is 3.65. The highest BCUT2D eigenvalue weighted by Crippen LogP contribution is 2.38. The van der Waals surface area contributed by atoms with Gasteiger partial charge in [0.15, 0.2) is 0 Å². The van der Waals surface area contributed by atoms with Crippen molar-refractivity contribution < 1.29 is 14.3 Å². The van der Waals surface area contributed by atoms with Crippen molar-refractivity contribution in [3.63, 3.8) is 0 Å². The molecular formula is C25H22ClN3O3. The third kappa shape index (κ3) is 4.45. The summed E-state index contributed by atoms with van der Waals surface area (Å²) in [5.74, 6) is 0. The van der Waals surface area contributed by atoms with E-state index in [-0.39, 0.29) is 6.61 Å². The molecule has 3 amide bonds. The number of anilines is 1. The van der Waals surface area contributed by atoms with Crippen LogP contribution in [0.15, 0.2) is 85.1 Å². The van der Waals surface area contributed by atoms with Gasteiger partial charge < -0.3 is 10.1 Å². The molecule has 32 heavy (non-hydrogen) atoms. The second-order valence-corrected chi connectivity index (χ2v) is 7.52. The predicted octanol–water partition coefficient (Wildman–Crippen LogP) is 5.70. The quantitative estimate of drug-likeness (QED) is 0.526. The number of amides is 3. The third-order valence-electron chi connectivity index (χ3n) is 5.06. The highest BCUT2D eigenvalue weighted by atomic mass is 35.5. The number of hydrogen-bond donors (Lipinski definition) is 2. The summed E-state index contributed by atoms with van der Waals surface area (Å²) in [6.07, 6.45) is 0.239. The van der Waals surface area contributed by atoms with Crippen molar-refractivity contribution in [3.05, 3.63) is 107 Å². The molecular weight excluding hydrogens is 426 g/mol. The SMILES string of the molecule is CCOC(=O)NC(c1ccccc1)N1C(=O)NC=C(c2ccccc2)c2cc(Cl)ccc21. The first-order valence-corrected chi connectivity index (χ1v) is 10.6. The van der Waals surface area contributed by atoms with Crippen LogP contribution in [-0.2, 0) is 4.74 Å². The monoisotopic (exact) mass is 447 g/mol. The number of rotatable bonds is 5. The average molecular weight is 448 g/mol. The van der Waals surface area contributed by atoms with Gasteiger partial charge in [-0.2, -0.15) is 0 Å². The number of ether oxygens (including phenoxy) is 1. The smallest absolute Gasteiger partial charge is 0.409 e. The Kier molecular flexibility index (Phi) is 6.42. The molecule has 1 unspecified atom stereocenters. The Bertz CT molecular complexity index is 1150. The fourth-order valence-corrected chi connectivity index (χ4v) is 3.83. The zero-order valence-corrected chi connectivity index (χ0v) is 18.2. The second-order valence-electron chi connectivity index (χ2n) is 7.08. The minimum Gasteiger partial charge on any atom is -0.450 e. The molecule has 3 aromatic carbocycles. The molecule has 7 heteroatoms. The van der Waals surface area contributed by atoms with Crippen LogP contribution in [0, 0.1) is 0 Å². The number of halogens is 1. The number of carbonyl (C=O) groups excluding carboxylic acids is 2. The van der Waals surface area contributed by atoms with E-state index in [1.807, 2.05) is 66.7 Å². The molecule has 0 saturated carbocycles. The first-order chi connectivity index (χ1) is 15.6. The van der Waals surface area contributed by atoms with E-state index in [0.717, 1.165) is 22.3 Å². The standard InChI is InChI=1S/C25H22ClN3O3/c1-2-32-25(31)28-23(18-11-7-4-8-12-18)29-22-14-13-19(26)15-20(22)21(16-27-24(29)30)17-9-5-3-6-10-17/h3-16,23H,2H2,1H3,(H,27,30)(H,28,31). The van der Waals surface area contributed by atoms with Crippen LogP contribution in [0.4, 0.5) is 15.3 Å². The number of alkyl carbamates (subject to hydrolysis) is 1. The van der Waals surface area contributed by atoms with E-state index in [0.29, 0.717) is 10.7 Å². The number of carbonyl (C=O) groups is 2. The first kappa shape index (κ1) is 21.5. The Labute approximate surface area is 191 Å². The summed E-state index contributed by atoms with van der Waals surface area (Å²) in [6.45, 7) is 1.94. The highest BCUT2D eigenvalue weighted by Gasteiger charge is 2.32. The molecule has 162 valence electrons. The van der Waals surface area contributed by atoms with Crippen LogP contribution in [-0.4, -0.2) is 18.7 Å². The van der Waals surface area contributed by atoms with Gasteiger partial charge in [0.25, 0.3) is 0 Å². The maximum Gasteiger partial charge on any atom is 0.409 e. The molecule has 4 rings (SSSR count). The lowest BCUT2D eigenvalue weighted by atomic mass is 9.96. The average Bonchev–Trinajstić information content (AvgIpc) is 2.95. The Morgan fingerprint density at radius 3 is 2.44 bits per heavy atom. The lowest BCUT2D eigenvalue weighted by Gasteiger charge is -2.32. The normalized spacial score (nSPS) is 13.9. The molecule has 0 fully saturated rings. The fraction of sp³-hybridized carbons (Fsp3) is 0.120. The van der Waals surface area contributed by atoms with Crippen LogP contribution in [0.3, 0.4) is 0 Å². The van der Waals surface area contributed by atoms with Gasteiger partial charge >= 0.3 is 12.1 Å². The Morgan fingerprint density at radius 1 is 1.06 bits per heavy atom. The summed E-state index contributed by atoms with van der Waals surface area (Å²) in [5, 5.41) is 6.21. The van der Waals surface area contributed by atoms with Crippen molar-refractivity contribution in [2.45, 2.75) is 13.1 Å². The second kappa shape index (κ2) is 9.58. The predicted molar refractivity (Wildman–Crippen MR) is 125 cm³/mol. The molecule has 0 aliphatic carbocycles. The summed E-state index contributed by atoms with van der Waals surface area (Å²) in [6, 6.07) is 23.9. The van der Waals surface area contributed by atoms with E-state index in [2.05, 4.69) is 10.6 Å². The molecule has 0 aromatic heterocycles. The Balaban J connectivity index is 1.86. The molecule has 1 aliphatic rings. The van der Waals surface area contributed by atoms with Crippen molar-refractivity contribution in [2.24, 2.45) is 0 Å². The minimum absolute atomic E-state index is 0.214. The largest absolute Gasteiger partial charge is 0.450 e. The molecule has 1 heterocycles. The van der Waals surface area contributed by atoms with Crippen LogP contribution in [0.2, 0.25) is 5.02 Å². The molecule has 2 N–H and O–H groups in total. The van der Waals surface area contributed by atoms with Gasteiger partial charge in [-0.15, -0.1) is 0 Å². The van der Waals surface area contributed by atoms with Gasteiger partial charge in [-0.25, -0.2) is 9.59 Å². The van der Waals surface area contributed by atoms with E-state index in [1.165, 1.54) is 4.90 Å². The van der Waals surface area contributed by atoms with Gasteiger partial charge in [-0.05, 0) is 36.2 Å². The van der Waals surface area contributed by atoms with Crippen LogP contribution in [0.25, 0.3) is 5.57 Å². The van der Waals surface area contributed by atoms with Crippen LogP contribution in [0.5, 0.6) is 0 Å². The van der Waals surface area contributed by atoms with E-state index in [9.17, 15) is 9.59 Å². The van der Waals surface area contributed by atoms with E-state index >= 15 is 0 Å². The van der Waals surface area contributed by atoms with Crippen molar-refractivity contribution in [3.8, 4) is 0 Å². The van der Waals surface area contributed by atoms with E-state index in [4.69, 9.17) is 16.3 Å². The number of hydrogen-bond acceptors (Lipinski definition) is 3. The van der Waals surface area contributed by atoms with Crippen molar-refractivity contribution in [1.29, 1.82) is 0 Å². The number of fused-ring (bicyclic) bond motifs is 1. The third-order valence-corrected chi connectivity index (χ3v) is 5.29. The lowest BCUT2D eigenvalue weighted by molar-refractivity contribution is 0.148. The maximum atomic E-state index is 13.3. The molecule has 1 aliphatic heterocycles. The zero-order valence-electron chi connectivity index (χ0n) is 17.4. The van der Waals surface area contributed by atoms with Crippen molar-refractivity contribution >= 4 is 35.0 Å². The summed E-state index contributed by atoms with van der Waals surface area (Å²) < 4.78 is 5.11. The maximum absolute atomic E-state index is 13.3. The van der Waals surface area contributed by atoms with Gasteiger partial charge in [0.1, 0.15) is 6.17 Å². The van der Waals surface area contributed by atoms with Gasteiger partial charge in [0, 0.05) is 22.4 Å². The molecule has 0 spiro atoms. The minimum atomic E-state index is -0.807. The van der Waals surface area contributed by atoms with Crippen LogP contribution >= 0.6 is 11.6 Å². The molecule has 1 atom stereocenters. The zero-order chi connectivity index (χ0) is 22.5. The highest BCUT2D eigenvalue weighted by molar-refractivity contribution is 6.31. The molecule has 0 radical (unpaired) electrons.